The van der Waals surface area contributed by atoms with Crippen molar-refractivity contribution in [1.29, 1.82) is 0 Å². The number of pyridine rings is 1. The lowest BCUT2D eigenvalue weighted by molar-refractivity contribution is -0.193. The molecule has 1 unspecified atom stereocenters. The number of rotatable bonds is 3. The predicted octanol–water partition coefficient (Wildman–Crippen LogP) is 4.55. The SMILES string of the molecule is Cc1cc(C)cc(C(=O)N2CCC3(CC2)CN(Cc2cccnc2)CC32CCN(C)C2=O)c1.O=C(O)C(F)(F)F.O=C(O)C(F)(F)F. The first-order valence-corrected chi connectivity index (χ1v) is 14.6. The summed E-state index contributed by atoms with van der Waals surface area (Å²) in [6.45, 7) is 8.86. The summed E-state index contributed by atoms with van der Waals surface area (Å²) in [5.74, 6) is -5.10. The van der Waals surface area contributed by atoms with Gasteiger partial charge in [-0.2, -0.15) is 26.3 Å². The Morgan fingerprint density at radius 2 is 1.40 bits per heavy atom. The van der Waals surface area contributed by atoms with E-state index in [1.807, 2.05) is 55.1 Å². The van der Waals surface area contributed by atoms with Gasteiger partial charge >= 0.3 is 24.3 Å². The topological polar surface area (TPSA) is 131 Å². The number of benzene rings is 1. The number of aromatic nitrogens is 1. The number of fused-ring (bicyclic) bond motifs is 1. The van der Waals surface area contributed by atoms with Crippen molar-refractivity contribution in [2.45, 2.75) is 52.0 Å². The second-order valence-corrected chi connectivity index (χ2v) is 12.1. The quantitative estimate of drug-likeness (QED) is 0.454. The summed E-state index contributed by atoms with van der Waals surface area (Å²) < 4.78 is 63.5. The van der Waals surface area contributed by atoms with Gasteiger partial charge in [0.25, 0.3) is 5.91 Å². The van der Waals surface area contributed by atoms with Crippen LogP contribution in [-0.2, 0) is 20.9 Å². The Kier molecular flexibility index (Phi) is 11.3. The molecule has 2 amide bonds. The largest absolute Gasteiger partial charge is 0.490 e. The van der Waals surface area contributed by atoms with Crippen molar-refractivity contribution in [1.82, 2.24) is 19.7 Å². The van der Waals surface area contributed by atoms with Crippen LogP contribution in [0, 0.1) is 24.7 Å². The molecule has 0 saturated carbocycles. The number of halogens is 6. The molecule has 2 aromatic rings. The van der Waals surface area contributed by atoms with Crippen LogP contribution in [-0.4, -0.2) is 106 Å². The van der Waals surface area contributed by atoms with E-state index in [1.54, 1.807) is 6.20 Å². The van der Waals surface area contributed by atoms with Gasteiger partial charge in [0, 0.05) is 69.7 Å². The molecule has 0 radical (unpaired) electrons. The predicted molar refractivity (Wildman–Crippen MR) is 155 cm³/mol. The second-order valence-electron chi connectivity index (χ2n) is 12.1. The maximum atomic E-state index is 13.5. The van der Waals surface area contributed by atoms with Crippen LogP contribution in [0.4, 0.5) is 26.3 Å². The van der Waals surface area contributed by atoms with E-state index in [1.165, 1.54) is 5.56 Å². The zero-order valence-corrected chi connectivity index (χ0v) is 26.0. The summed E-state index contributed by atoms with van der Waals surface area (Å²) in [5, 5.41) is 14.2. The molecule has 2 spiro atoms. The van der Waals surface area contributed by atoms with Gasteiger partial charge in [-0.3, -0.25) is 19.5 Å². The number of hydrogen-bond donors (Lipinski definition) is 2. The molecule has 1 aromatic heterocycles. The summed E-state index contributed by atoms with van der Waals surface area (Å²) in [5.41, 5.74) is 3.79. The Hall–Kier alpha value is -4.21. The summed E-state index contributed by atoms with van der Waals surface area (Å²) >= 11 is 0. The smallest absolute Gasteiger partial charge is 0.475 e. The van der Waals surface area contributed by atoms with Crippen LogP contribution in [0.3, 0.4) is 0 Å². The number of carbonyl (C=O) groups is 4. The van der Waals surface area contributed by atoms with E-state index in [0.717, 1.165) is 62.1 Å². The van der Waals surface area contributed by atoms with Gasteiger partial charge in [-0.25, -0.2) is 9.59 Å². The van der Waals surface area contributed by atoms with Crippen LogP contribution in [0.5, 0.6) is 0 Å². The van der Waals surface area contributed by atoms with E-state index in [2.05, 4.69) is 22.0 Å². The van der Waals surface area contributed by atoms with Gasteiger partial charge in [-0.05, 0) is 56.9 Å². The maximum Gasteiger partial charge on any atom is 0.490 e. The van der Waals surface area contributed by atoms with Crippen molar-refractivity contribution in [2.24, 2.45) is 10.8 Å². The Balaban J connectivity index is 0.000000360. The highest BCUT2D eigenvalue weighted by Crippen LogP contribution is 2.58. The first-order valence-electron chi connectivity index (χ1n) is 14.6. The van der Waals surface area contributed by atoms with Crippen molar-refractivity contribution in [3.63, 3.8) is 0 Å². The monoisotopic (exact) mass is 674 g/mol. The van der Waals surface area contributed by atoms with Gasteiger partial charge in [0.05, 0.1) is 5.41 Å². The zero-order valence-electron chi connectivity index (χ0n) is 26.0. The fourth-order valence-electron chi connectivity index (χ4n) is 6.67. The number of carboxylic acid groups (broad SMARTS) is 2. The third kappa shape index (κ3) is 8.78. The van der Waals surface area contributed by atoms with Gasteiger partial charge in [0.1, 0.15) is 0 Å². The third-order valence-electron chi connectivity index (χ3n) is 8.76. The standard InChI is InChI=1S/C27H34N4O2.2C2HF3O2/c1-20-13-21(2)15-23(14-20)24(32)31-11-6-26(7-12-31)18-30(17-22-5-4-9-28-16-22)19-27(26)8-10-29(3)25(27)33;2*3-2(4,5)1(6)7/h4-5,9,13-16H,6-8,10-12,17-19H2,1-3H3;2*(H,6,7). The van der Waals surface area contributed by atoms with E-state index in [9.17, 15) is 35.9 Å². The highest BCUT2D eigenvalue weighted by Gasteiger charge is 2.64. The van der Waals surface area contributed by atoms with Crippen molar-refractivity contribution >= 4 is 23.8 Å². The zero-order chi connectivity index (χ0) is 35.4. The third-order valence-corrected chi connectivity index (χ3v) is 8.76. The number of aliphatic carboxylic acids is 2. The summed E-state index contributed by atoms with van der Waals surface area (Å²) in [7, 11) is 1.94. The molecule has 10 nitrogen and oxygen atoms in total. The number of nitrogens with zero attached hydrogens (tertiary/aromatic N) is 4. The van der Waals surface area contributed by atoms with Gasteiger partial charge in [-0.1, -0.05) is 23.3 Å². The Morgan fingerprint density at radius 3 is 1.83 bits per heavy atom. The normalized spacial score (nSPS) is 20.8. The number of alkyl halides is 6. The van der Waals surface area contributed by atoms with Crippen LogP contribution in [0.2, 0.25) is 0 Å². The Labute approximate surface area is 267 Å². The number of amides is 2. The number of piperidine rings is 1. The summed E-state index contributed by atoms with van der Waals surface area (Å²) in [6, 6.07) is 10.2. The number of likely N-dealkylation sites (tertiary alicyclic amines) is 3. The average molecular weight is 675 g/mol. The fourth-order valence-corrected chi connectivity index (χ4v) is 6.67. The molecule has 0 aliphatic carbocycles. The molecule has 4 heterocycles. The van der Waals surface area contributed by atoms with E-state index < -0.39 is 24.3 Å². The van der Waals surface area contributed by atoms with Crippen LogP contribution in [0.15, 0.2) is 42.7 Å². The molecule has 0 bridgehead atoms. The molecule has 3 fully saturated rings. The van der Waals surface area contributed by atoms with Crippen molar-refractivity contribution in [3.05, 3.63) is 65.0 Å². The molecule has 3 saturated heterocycles. The van der Waals surface area contributed by atoms with Crippen LogP contribution in [0.25, 0.3) is 0 Å². The number of aryl methyl sites for hydroxylation is 2. The first kappa shape index (κ1) is 37.2. The van der Waals surface area contributed by atoms with Gasteiger partial charge < -0.3 is 20.0 Å². The Bertz CT molecular complexity index is 1420. The molecule has 2 N–H and O–H groups in total. The molecule has 16 heteroatoms. The molecular formula is C31H36F6N4O6. The molecule has 5 rings (SSSR count). The fraction of sp³-hybridized carbons (Fsp3) is 0.516. The minimum absolute atomic E-state index is 0.0731. The first-order chi connectivity index (χ1) is 21.7. The van der Waals surface area contributed by atoms with Crippen molar-refractivity contribution < 1.29 is 55.7 Å². The van der Waals surface area contributed by atoms with E-state index in [-0.39, 0.29) is 16.7 Å². The highest BCUT2D eigenvalue weighted by atomic mass is 19.4. The second kappa shape index (κ2) is 14.3. The maximum absolute atomic E-state index is 13.5. The van der Waals surface area contributed by atoms with E-state index in [0.29, 0.717) is 19.0 Å². The lowest BCUT2D eigenvalue weighted by Gasteiger charge is -2.47. The summed E-state index contributed by atoms with van der Waals surface area (Å²) in [4.78, 5) is 55.2. The van der Waals surface area contributed by atoms with E-state index in [4.69, 9.17) is 19.8 Å². The molecule has 1 aromatic carbocycles. The molecule has 47 heavy (non-hydrogen) atoms. The minimum atomic E-state index is -5.08. The molecule has 1 atom stereocenters. The average Bonchev–Trinajstić information content (AvgIpc) is 3.43. The number of hydrogen-bond acceptors (Lipinski definition) is 6. The molecule has 3 aliphatic heterocycles. The Morgan fingerprint density at radius 1 is 0.872 bits per heavy atom. The van der Waals surface area contributed by atoms with Crippen molar-refractivity contribution in [2.75, 3.05) is 39.8 Å². The molecule has 258 valence electrons. The molecular weight excluding hydrogens is 638 g/mol. The van der Waals surface area contributed by atoms with Gasteiger partial charge in [-0.15, -0.1) is 0 Å². The number of carbonyl (C=O) groups excluding carboxylic acids is 2. The lowest BCUT2D eigenvalue weighted by Crippen LogP contribution is -2.53. The number of carboxylic acids is 2. The van der Waals surface area contributed by atoms with Crippen LogP contribution < -0.4 is 0 Å². The van der Waals surface area contributed by atoms with Crippen LogP contribution >= 0.6 is 0 Å². The van der Waals surface area contributed by atoms with Gasteiger partial charge in [0.2, 0.25) is 5.91 Å². The van der Waals surface area contributed by atoms with E-state index >= 15 is 0 Å². The molecule has 3 aliphatic rings. The highest BCUT2D eigenvalue weighted by molar-refractivity contribution is 5.94. The minimum Gasteiger partial charge on any atom is -0.475 e. The van der Waals surface area contributed by atoms with Crippen LogP contribution in [0.1, 0.15) is 46.3 Å². The van der Waals surface area contributed by atoms with Gasteiger partial charge in [0.15, 0.2) is 0 Å². The van der Waals surface area contributed by atoms with Crippen molar-refractivity contribution in [3.8, 4) is 0 Å². The summed E-state index contributed by atoms with van der Waals surface area (Å²) in [6.07, 6.45) is -3.77. The lowest BCUT2D eigenvalue weighted by atomic mass is 9.60.